The predicted octanol–water partition coefficient (Wildman–Crippen LogP) is 4.82. The van der Waals surface area contributed by atoms with Gasteiger partial charge in [-0.2, -0.15) is 0 Å². The van der Waals surface area contributed by atoms with E-state index >= 15 is 0 Å². The van der Waals surface area contributed by atoms with E-state index in [9.17, 15) is 9.59 Å². The van der Waals surface area contributed by atoms with Crippen LogP contribution in [0.2, 0.25) is 10.0 Å². The van der Waals surface area contributed by atoms with Crippen LogP contribution in [0, 0.1) is 25.7 Å². The number of hydrogen-bond acceptors (Lipinski definition) is 2. The predicted molar refractivity (Wildman–Crippen MR) is 101 cm³/mol. The average Bonchev–Trinajstić information content (AvgIpc) is 3.33. The number of anilines is 2. The van der Waals surface area contributed by atoms with Crippen LogP contribution in [0.15, 0.2) is 36.4 Å². The van der Waals surface area contributed by atoms with Crippen LogP contribution >= 0.6 is 23.2 Å². The van der Waals surface area contributed by atoms with E-state index in [1.165, 1.54) is 0 Å². The Morgan fingerprint density at radius 1 is 0.920 bits per heavy atom. The third-order valence-corrected chi connectivity index (χ3v) is 4.84. The van der Waals surface area contributed by atoms with Crippen LogP contribution in [0.5, 0.6) is 0 Å². The quantitative estimate of drug-likeness (QED) is 0.802. The van der Waals surface area contributed by atoms with Crippen LogP contribution in [0.4, 0.5) is 11.4 Å². The molecule has 2 aromatic carbocycles. The van der Waals surface area contributed by atoms with Crippen LogP contribution in [0.25, 0.3) is 0 Å². The molecule has 2 amide bonds. The van der Waals surface area contributed by atoms with E-state index in [0.717, 1.165) is 16.8 Å². The maximum atomic E-state index is 12.4. The third kappa shape index (κ3) is 4.14. The minimum atomic E-state index is -0.336. The van der Waals surface area contributed by atoms with Gasteiger partial charge in [-0.25, -0.2) is 0 Å². The number of carbonyl (C=O) groups is 2. The van der Waals surface area contributed by atoms with Gasteiger partial charge < -0.3 is 10.6 Å². The highest BCUT2D eigenvalue weighted by atomic mass is 35.5. The summed E-state index contributed by atoms with van der Waals surface area (Å²) >= 11 is 11.9. The molecule has 0 saturated heterocycles. The zero-order valence-corrected chi connectivity index (χ0v) is 15.4. The van der Waals surface area contributed by atoms with Gasteiger partial charge in [0.2, 0.25) is 11.8 Å². The molecule has 130 valence electrons. The SMILES string of the molecule is Cc1ccc(NC(=O)C2CC2C(=O)Nc2ccc(Cl)cc2Cl)c(C)c1. The summed E-state index contributed by atoms with van der Waals surface area (Å²) in [4.78, 5) is 24.7. The molecule has 0 aromatic heterocycles. The number of amides is 2. The van der Waals surface area contributed by atoms with Crippen LogP contribution in [-0.4, -0.2) is 11.8 Å². The van der Waals surface area contributed by atoms with Gasteiger partial charge in [0, 0.05) is 10.7 Å². The summed E-state index contributed by atoms with van der Waals surface area (Å²) in [7, 11) is 0. The molecule has 1 aliphatic carbocycles. The normalized spacial score (nSPS) is 18.6. The molecule has 1 saturated carbocycles. The van der Waals surface area contributed by atoms with Crippen LogP contribution in [0.1, 0.15) is 17.5 Å². The van der Waals surface area contributed by atoms with E-state index < -0.39 is 0 Å². The van der Waals surface area contributed by atoms with E-state index in [0.29, 0.717) is 22.2 Å². The molecular formula is C19H18Cl2N2O2. The van der Waals surface area contributed by atoms with E-state index in [2.05, 4.69) is 10.6 Å². The monoisotopic (exact) mass is 376 g/mol. The van der Waals surface area contributed by atoms with Gasteiger partial charge in [-0.1, -0.05) is 40.9 Å². The average molecular weight is 377 g/mol. The van der Waals surface area contributed by atoms with Crippen molar-refractivity contribution in [1.29, 1.82) is 0 Å². The number of carbonyl (C=O) groups excluding carboxylic acids is 2. The topological polar surface area (TPSA) is 58.2 Å². The summed E-state index contributed by atoms with van der Waals surface area (Å²) in [6, 6.07) is 10.7. The lowest BCUT2D eigenvalue weighted by Gasteiger charge is -2.10. The summed E-state index contributed by atoms with van der Waals surface area (Å²) in [6.45, 7) is 3.95. The first kappa shape index (κ1) is 17.8. The molecule has 0 spiro atoms. The van der Waals surface area contributed by atoms with Gasteiger partial charge >= 0.3 is 0 Å². The van der Waals surface area contributed by atoms with Crippen molar-refractivity contribution >= 4 is 46.4 Å². The summed E-state index contributed by atoms with van der Waals surface area (Å²) < 4.78 is 0. The van der Waals surface area contributed by atoms with Crippen LogP contribution in [0.3, 0.4) is 0 Å². The highest BCUT2D eigenvalue weighted by molar-refractivity contribution is 6.36. The second-order valence-corrected chi connectivity index (χ2v) is 7.21. The van der Waals surface area contributed by atoms with Crippen molar-refractivity contribution in [2.24, 2.45) is 11.8 Å². The second-order valence-electron chi connectivity index (χ2n) is 6.37. The fourth-order valence-electron chi connectivity index (χ4n) is 2.77. The lowest BCUT2D eigenvalue weighted by atomic mass is 10.1. The van der Waals surface area contributed by atoms with Crippen LogP contribution in [-0.2, 0) is 9.59 Å². The largest absolute Gasteiger partial charge is 0.326 e. The molecule has 1 fully saturated rings. The highest BCUT2D eigenvalue weighted by Gasteiger charge is 2.48. The summed E-state index contributed by atoms with van der Waals surface area (Å²) in [6.07, 6.45) is 0.536. The molecule has 3 rings (SSSR count). The lowest BCUT2D eigenvalue weighted by Crippen LogP contribution is -2.21. The molecule has 2 N–H and O–H groups in total. The standard InChI is InChI=1S/C19H18Cl2N2O2/c1-10-3-5-16(11(2)7-10)22-18(24)13-9-14(13)19(25)23-17-6-4-12(20)8-15(17)21/h3-8,13-14H,9H2,1-2H3,(H,22,24)(H,23,25). The number of hydrogen-bond donors (Lipinski definition) is 2. The Hall–Kier alpha value is -2.04. The van der Waals surface area contributed by atoms with Crippen molar-refractivity contribution in [3.8, 4) is 0 Å². The van der Waals surface area contributed by atoms with Crippen LogP contribution < -0.4 is 10.6 Å². The molecule has 0 bridgehead atoms. The van der Waals surface area contributed by atoms with Crippen molar-refractivity contribution in [3.63, 3.8) is 0 Å². The van der Waals surface area contributed by atoms with E-state index in [4.69, 9.17) is 23.2 Å². The van der Waals surface area contributed by atoms with E-state index in [1.807, 2.05) is 32.0 Å². The molecule has 2 atom stereocenters. The van der Waals surface area contributed by atoms with Crippen molar-refractivity contribution in [1.82, 2.24) is 0 Å². The van der Waals surface area contributed by atoms with Gasteiger partial charge in [0.1, 0.15) is 0 Å². The first-order valence-corrected chi connectivity index (χ1v) is 8.75. The number of benzene rings is 2. The molecule has 2 aromatic rings. The Kier molecular flexibility index (Phi) is 5.02. The molecule has 2 unspecified atom stereocenters. The molecule has 4 nitrogen and oxygen atoms in total. The molecule has 0 radical (unpaired) electrons. The summed E-state index contributed by atoms with van der Waals surface area (Å²) in [5.74, 6) is -0.983. The maximum Gasteiger partial charge on any atom is 0.228 e. The first-order chi connectivity index (χ1) is 11.8. The van der Waals surface area contributed by atoms with Crippen molar-refractivity contribution in [2.45, 2.75) is 20.3 Å². The van der Waals surface area contributed by atoms with Crippen molar-refractivity contribution in [2.75, 3.05) is 10.6 Å². The Balaban J connectivity index is 1.59. The number of nitrogens with one attached hydrogen (secondary N) is 2. The Morgan fingerprint density at radius 3 is 2.12 bits per heavy atom. The van der Waals surface area contributed by atoms with E-state index in [1.54, 1.807) is 18.2 Å². The fraction of sp³-hybridized carbons (Fsp3) is 0.263. The van der Waals surface area contributed by atoms with Gasteiger partial charge in [-0.05, 0) is 50.1 Å². The van der Waals surface area contributed by atoms with Gasteiger partial charge in [-0.15, -0.1) is 0 Å². The molecule has 6 heteroatoms. The summed E-state index contributed by atoms with van der Waals surface area (Å²) in [5.41, 5.74) is 3.42. The second kappa shape index (κ2) is 7.06. The van der Waals surface area contributed by atoms with Gasteiger partial charge in [0.15, 0.2) is 0 Å². The van der Waals surface area contributed by atoms with Gasteiger partial charge in [-0.3, -0.25) is 9.59 Å². The Morgan fingerprint density at radius 2 is 1.52 bits per heavy atom. The highest BCUT2D eigenvalue weighted by Crippen LogP contribution is 2.41. The maximum absolute atomic E-state index is 12.4. The zero-order valence-electron chi connectivity index (χ0n) is 13.9. The minimum absolute atomic E-state index is 0.130. The molecule has 25 heavy (non-hydrogen) atoms. The molecule has 0 aliphatic heterocycles. The molecule has 0 heterocycles. The van der Waals surface area contributed by atoms with Gasteiger partial charge in [0.25, 0.3) is 0 Å². The third-order valence-electron chi connectivity index (χ3n) is 4.29. The van der Waals surface area contributed by atoms with E-state index in [-0.39, 0.29) is 23.7 Å². The first-order valence-electron chi connectivity index (χ1n) is 7.99. The number of aryl methyl sites for hydroxylation is 2. The van der Waals surface area contributed by atoms with Crippen molar-refractivity contribution < 1.29 is 9.59 Å². The Labute approximate surface area is 156 Å². The zero-order chi connectivity index (χ0) is 18.1. The number of rotatable bonds is 4. The fourth-order valence-corrected chi connectivity index (χ4v) is 3.23. The van der Waals surface area contributed by atoms with Gasteiger partial charge in [0.05, 0.1) is 22.5 Å². The Bertz CT molecular complexity index is 782. The molecule has 1 aliphatic rings. The molecular weight excluding hydrogens is 359 g/mol. The number of halogens is 2. The van der Waals surface area contributed by atoms with Crippen molar-refractivity contribution in [3.05, 3.63) is 57.6 Å². The summed E-state index contributed by atoms with van der Waals surface area (Å²) in [5, 5.41) is 6.53. The minimum Gasteiger partial charge on any atom is -0.326 e. The lowest BCUT2D eigenvalue weighted by molar-refractivity contribution is -0.122. The smallest absolute Gasteiger partial charge is 0.228 e.